The van der Waals surface area contributed by atoms with Gasteiger partial charge in [-0.1, -0.05) is 19.3 Å². The zero-order chi connectivity index (χ0) is 11.5. The predicted molar refractivity (Wildman–Crippen MR) is 55.6 cm³/mol. The molecule has 0 aromatic carbocycles. The van der Waals surface area contributed by atoms with Gasteiger partial charge in [0.05, 0.1) is 12.1 Å². The van der Waals surface area contributed by atoms with Crippen molar-refractivity contribution in [3.05, 3.63) is 0 Å². The molecule has 5 nitrogen and oxygen atoms in total. The molecule has 0 bridgehead atoms. The summed E-state index contributed by atoms with van der Waals surface area (Å²) in [6, 6.07) is -0.341. The van der Waals surface area contributed by atoms with Gasteiger partial charge < -0.3 is 9.84 Å². The molecule has 2 amide bonds. The normalized spacial score (nSPS) is 32.7. The maximum absolute atomic E-state index is 11.6. The monoisotopic (exact) mass is 227 g/mol. The lowest BCUT2D eigenvalue weighted by molar-refractivity contribution is -0.164. The summed E-state index contributed by atoms with van der Waals surface area (Å²) in [5.74, 6) is -0.635. The molecule has 1 saturated heterocycles. The fourth-order valence-corrected chi connectivity index (χ4v) is 2.44. The summed E-state index contributed by atoms with van der Waals surface area (Å²) in [7, 11) is 0. The van der Waals surface area contributed by atoms with Crippen molar-refractivity contribution in [3.63, 3.8) is 0 Å². The number of carbonyl (C=O) groups excluding carboxylic acids is 2. The molecular formula is C11H17NO4. The van der Waals surface area contributed by atoms with Gasteiger partial charge in [-0.15, -0.1) is 0 Å². The first-order valence-corrected chi connectivity index (χ1v) is 5.81. The van der Waals surface area contributed by atoms with E-state index in [4.69, 9.17) is 4.74 Å². The van der Waals surface area contributed by atoms with Gasteiger partial charge in [-0.05, 0) is 12.8 Å². The van der Waals surface area contributed by atoms with E-state index in [1.165, 1.54) is 4.90 Å². The molecule has 2 rings (SSSR count). The lowest BCUT2D eigenvalue weighted by atomic mass is 10.0. The standard InChI is InChI=1S/C11H17NO4/c13-9-5-3-1-2-4-8(9)12-10(14)6-16-7-11(12)15/h8-9,13H,1-7H2. The fourth-order valence-electron chi connectivity index (χ4n) is 2.44. The number of hydrogen-bond acceptors (Lipinski definition) is 4. The molecule has 2 fully saturated rings. The number of nitrogens with zero attached hydrogens (tertiary/aromatic N) is 1. The molecule has 5 heteroatoms. The quantitative estimate of drug-likeness (QED) is 0.508. The van der Waals surface area contributed by atoms with Gasteiger partial charge in [0.1, 0.15) is 13.2 Å². The van der Waals surface area contributed by atoms with E-state index in [1.54, 1.807) is 0 Å². The van der Waals surface area contributed by atoms with Crippen LogP contribution in [0.5, 0.6) is 0 Å². The highest BCUT2D eigenvalue weighted by atomic mass is 16.5. The van der Waals surface area contributed by atoms with Crippen LogP contribution in [0.3, 0.4) is 0 Å². The second-order valence-corrected chi connectivity index (χ2v) is 4.42. The van der Waals surface area contributed by atoms with E-state index in [-0.39, 0.29) is 31.1 Å². The summed E-state index contributed by atoms with van der Waals surface area (Å²) in [5.41, 5.74) is 0. The Morgan fingerprint density at radius 3 is 2.38 bits per heavy atom. The largest absolute Gasteiger partial charge is 0.391 e. The Hall–Kier alpha value is -0.940. The van der Waals surface area contributed by atoms with Gasteiger partial charge in [-0.3, -0.25) is 14.5 Å². The second kappa shape index (κ2) is 4.93. The van der Waals surface area contributed by atoms with E-state index >= 15 is 0 Å². The number of morpholine rings is 1. The Morgan fingerprint density at radius 1 is 1.06 bits per heavy atom. The first-order valence-electron chi connectivity index (χ1n) is 5.81. The number of ether oxygens (including phenoxy) is 1. The number of rotatable bonds is 1. The summed E-state index contributed by atoms with van der Waals surface area (Å²) in [4.78, 5) is 24.5. The molecule has 0 spiro atoms. The van der Waals surface area contributed by atoms with Crippen LogP contribution in [-0.2, 0) is 14.3 Å². The predicted octanol–water partition coefficient (Wildman–Crippen LogP) is 0.0654. The van der Waals surface area contributed by atoms with E-state index in [0.29, 0.717) is 12.8 Å². The van der Waals surface area contributed by atoms with Crippen molar-refractivity contribution < 1.29 is 19.4 Å². The molecule has 1 N–H and O–H groups in total. The van der Waals surface area contributed by atoms with Crippen LogP contribution in [0.1, 0.15) is 32.1 Å². The van der Waals surface area contributed by atoms with Crippen LogP contribution < -0.4 is 0 Å². The SMILES string of the molecule is O=C1COCC(=O)N1C1CCCCCC1O. The van der Waals surface area contributed by atoms with Crippen molar-refractivity contribution >= 4 is 11.8 Å². The van der Waals surface area contributed by atoms with Crippen LogP contribution in [0.25, 0.3) is 0 Å². The number of amides is 2. The van der Waals surface area contributed by atoms with Gasteiger partial charge in [0.15, 0.2) is 0 Å². The van der Waals surface area contributed by atoms with E-state index < -0.39 is 6.10 Å². The Bertz CT molecular complexity index is 276. The minimum Gasteiger partial charge on any atom is -0.391 e. The lowest BCUT2D eigenvalue weighted by Gasteiger charge is -2.34. The fraction of sp³-hybridized carbons (Fsp3) is 0.818. The van der Waals surface area contributed by atoms with Gasteiger partial charge in [0.25, 0.3) is 11.8 Å². The van der Waals surface area contributed by atoms with Crippen molar-refractivity contribution in [2.75, 3.05) is 13.2 Å². The molecule has 1 heterocycles. The molecule has 90 valence electrons. The molecule has 16 heavy (non-hydrogen) atoms. The molecule has 0 aromatic heterocycles. The summed E-state index contributed by atoms with van der Waals surface area (Å²) in [6.07, 6.45) is 3.78. The average Bonchev–Trinajstić information content (AvgIpc) is 2.44. The van der Waals surface area contributed by atoms with Crippen molar-refractivity contribution in [2.24, 2.45) is 0 Å². The Kier molecular flexibility index (Phi) is 3.56. The smallest absolute Gasteiger partial charge is 0.255 e. The summed E-state index contributed by atoms with van der Waals surface area (Å²) in [5, 5.41) is 9.95. The van der Waals surface area contributed by atoms with Crippen LogP contribution in [0, 0.1) is 0 Å². The highest BCUT2D eigenvalue weighted by molar-refractivity contribution is 5.98. The van der Waals surface area contributed by atoms with Crippen LogP contribution >= 0.6 is 0 Å². The third kappa shape index (κ3) is 2.25. The molecule has 0 aromatic rings. The lowest BCUT2D eigenvalue weighted by Crippen LogP contribution is -2.55. The first-order chi connectivity index (χ1) is 7.70. The molecule has 0 radical (unpaired) electrons. The number of aliphatic hydroxyl groups is 1. The van der Waals surface area contributed by atoms with Crippen molar-refractivity contribution in [1.82, 2.24) is 4.90 Å². The minimum atomic E-state index is -0.575. The highest BCUT2D eigenvalue weighted by Gasteiger charge is 2.37. The molecule has 1 saturated carbocycles. The minimum absolute atomic E-state index is 0.0467. The topological polar surface area (TPSA) is 66.8 Å². The number of aliphatic hydroxyl groups excluding tert-OH is 1. The second-order valence-electron chi connectivity index (χ2n) is 4.42. The average molecular weight is 227 g/mol. The van der Waals surface area contributed by atoms with E-state index in [0.717, 1.165) is 19.3 Å². The third-order valence-corrected chi connectivity index (χ3v) is 3.26. The van der Waals surface area contributed by atoms with E-state index in [2.05, 4.69) is 0 Å². The Labute approximate surface area is 94.4 Å². The zero-order valence-corrected chi connectivity index (χ0v) is 9.22. The van der Waals surface area contributed by atoms with Crippen LogP contribution in [0.2, 0.25) is 0 Å². The maximum Gasteiger partial charge on any atom is 0.255 e. The molecule has 2 atom stereocenters. The Morgan fingerprint density at radius 2 is 1.69 bits per heavy atom. The maximum atomic E-state index is 11.6. The molecule has 2 unspecified atom stereocenters. The van der Waals surface area contributed by atoms with E-state index in [1.807, 2.05) is 0 Å². The first kappa shape index (κ1) is 11.5. The highest BCUT2D eigenvalue weighted by Crippen LogP contribution is 2.23. The zero-order valence-electron chi connectivity index (χ0n) is 9.22. The third-order valence-electron chi connectivity index (χ3n) is 3.26. The van der Waals surface area contributed by atoms with Gasteiger partial charge in [0.2, 0.25) is 0 Å². The van der Waals surface area contributed by atoms with Gasteiger partial charge in [-0.2, -0.15) is 0 Å². The molecule has 1 aliphatic carbocycles. The number of hydrogen-bond donors (Lipinski definition) is 1. The summed E-state index contributed by atoms with van der Waals surface area (Å²) >= 11 is 0. The van der Waals surface area contributed by atoms with Crippen molar-refractivity contribution in [1.29, 1.82) is 0 Å². The van der Waals surface area contributed by atoms with Crippen LogP contribution in [0.4, 0.5) is 0 Å². The summed E-state index contributed by atoms with van der Waals surface area (Å²) < 4.78 is 4.86. The Balaban J connectivity index is 2.13. The molecule has 2 aliphatic rings. The number of imide groups is 1. The van der Waals surface area contributed by atoms with Crippen molar-refractivity contribution in [2.45, 2.75) is 44.2 Å². The molecule has 1 aliphatic heterocycles. The van der Waals surface area contributed by atoms with Gasteiger partial charge >= 0.3 is 0 Å². The van der Waals surface area contributed by atoms with E-state index in [9.17, 15) is 14.7 Å². The van der Waals surface area contributed by atoms with Gasteiger partial charge in [-0.25, -0.2) is 0 Å². The van der Waals surface area contributed by atoms with Crippen molar-refractivity contribution in [3.8, 4) is 0 Å². The summed E-state index contributed by atoms with van der Waals surface area (Å²) in [6.45, 7) is -0.0933. The van der Waals surface area contributed by atoms with Crippen LogP contribution in [0.15, 0.2) is 0 Å². The molecular weight excluding hydrogens is 210 g/mol. The number of carbonyl (C=O) groups is 2. The van der Waals surface area contributed by atoms with Gasteiger partial charge in [0, 0.05) is 0 Å². The van der Waals surface area contributed by atoms with Crippen LogP contribution in [-0.4, -0.2) is 47.2 Å².